The van der Waals surface area contributed by atoms with Crippen molar-refractivity contribution >= 4 is 23.0 Å². The van der Waals surface area contributed by atoms with E-state index < -0.39 is 0 Å². The summed E-state index contributed by atoms with van der Waals surface area (Å²) >= 11 is 5.91. The third-order valence-electron chi connectivity index (χ3n) is 2.91. The summed E-state index contributed by atoms with van der Waals surface area (Å²) in [6.07, 6.45) is 2.84. The van der Waals surface area contributed by atoms with Gasteiger partial charge in [0.2, 0.25) is 0 Å². The molecule has 0 radical (unpaired) electrons. The maximum atomic E-state index is 5.91. The molecule has 3 rings (SSSR count). The van der Waals surface area contributed by atoms with Crippen molar-refractivity contribution in [2.75, 3.05) is 11.4 Å². The standard InChI is InChI=1S/C13H11ClN2/c14-13-9-11(5-7-15-13)16-8-6-10-3-1-2-4-12(10)16/h1-5,7,9H,6,8H2. The maximum Gasteiger partial charge on any atom is 0.131 e. The first-order valence-corrected chi connectivity index (χ1v) is 5.69. The van der Waals surface area contributed by atoms with Crippen LogP contribution in [0.25, 0.3) is 0 Å². The molecule has 0 aliphatic carbocycles. The van der Waals surface area contributed by atoms with Crippen molar-refractivity contribution in [3.05, 3.63) is 53.3 Å². The summed E-state index contributed by atoms with van der Waals surface area (Å²) in [6.45, 7) is 1.01. The molecule has 0 saturated carbocycles. The van der Waals surface area contributed by atoms with Gasteiger partial charge in [0, 0.05) is 24.1 Å². The Labute approximate surface area is 99.5 Å². The summed E-state index contributed by atoms with van der Waals surface area (Å²) < 4.78 is 0. The lowest BCUT2D eigenvalue weighted by molar-refractivity contribution is 0.996. The summed E-state index contributed by atoms with van der Waals surface area (Å²) in [5, 5.41) is 0.543. The van der Waals surface area contributed by atoms with Gasteiger partial charge in [0.1, 0.15) is 5.15 Å². The maximum absolute atomic E-state index is 5.91. The van der Waals surface area contributed by atoms with E-state index in [4.69, 9.17) is 11.6 Å². The molecule has 1 aliphatic rings. The van der Waals surface area contributed by atoms with E-state index >= 15 is 0 Å². The molecule has 1 aromatic carbocycles. The van der Waals surface area contributed by atoms with E-state index in [0.717, 1.165) is 18.7 Å². The molecule has 3 heteroatoms. The quantitative estimate of drug-likeness (QED) is 0.698. The minimum Gasteiger partial charge on any atom is -0.341 e. The van der Waals surface area contributed by atoms with Gasteiger partial charge in [0.15, 0.2) is 0 Å². The zero-order valence-electron chi connectivity index (χ0n) is 8.73. The average molecular weight is 231 g/mol. The van der Waals surface area contributed by atoms with Gasteiger partial charge < -0.3 is 4.90 Å². The number of benzene rings is 1. The second-order valence-corrected chi connectivity index (χ2v) is 4.25. The van der Waals surface area contributed by atoms with Gasteiger partial charge in [-0.25, -0.2) is 4.98 Å². The molecule has 80 valence electrons. The number of halogens is 1. The summed E-state index contributed by atoms with van der Waals surface area (Å²) in [5.74, 6) is 0. The lowest BCUT2D eigenvalue weighted by atomic mass is 10.2. The van der Waals surface area contributed by atoms with Crippen molar-refractivity contribution in [1.82, 2.24) is 4.98 Å². The number of fused-ring (bicyclic) bond motifs is 1. The van der Waals surface area contributed by atoms with Crippen LogP contribution in [-0.4, -0.2) is 11.5 Å². The topological polar surface area (TPSA) is 16.1 Å². The van der Waals surface area contributed by atoms with Crippen molar-refractivity contribution in [2.45, 2.75) is 6.42 Å². The van der Waals surface area contributed by atoms with Crippen LogP contribution in [0, 0.1) is 0 Å². The van der Waals surface area contributed by atoms with Gasteiger partial charge in [-0.1, -0.05) is 29.8 Å². The molecule has 16 heavy (non-hydrogen) atoms. The van der Waals surface area contributed by atoms with Crippen molar-refractivity contribution < 1.29 is 0 Å². The molecule has 0 bridgehead atoms. The highest BCUT2D eigenvalue weighted by Crippen LogP contribution is 2.34. The molecule has 0 amide bonds. The van der Waals surface area contributed by atoms with Gasteiger partial charge in [-0.15, -0.1) is 0 Å². The van der Waals surface area contributed by atoms with Gasteiger partial charge in [0.25, 0.3) is 0 Å². The zero-order chi connectivity index (χ0) is 11.0. The smallest absolute Gasteiger partial charge is 0.131 e. The Morgan fingerprint density at radius 2 is 2.06 bits per heavy atom. The highest BCUT2D eigenvalue weighted by Gasteiger charge is 2.19. The van der Waals surface area contributed by atoms with Crippen LogP contribution in [0.3, 0.4) is 0 Å². The monoisotopic (exact) mass is 230 g/mol. The van der Waals surface area contributed by atoms with Crippen LogP contribution in [0.4, 0.5) is 11.4 Å². The summed E-state index contributed by atoms with van der Waals surface area (Å²) in [4.78, 5) is 6.29. The Bertz CT molecular complexity index is 525. The van der Waals surface area contributed by atoms with Crippen molar-refractivity contribution in [3.63, 3.8) is 0 Å². The normalized spacial score (nSPS) is 13.9. The number of nitrogens with zero attached hydrogens (tertiary/aromatic N) is 2. The van der Waals surface area contributed by atoms with Crippen molar-refractivity contribution in [3.8, 4) is 0 Å². The Morgan fingerprint density at radius 3 is 2.94 bits per heavy atom. The Balaban J connectivity index is 2.05. The fourth-order valence-electron chi connectivity index (χ4n) is 2.17. The second-order valence-electron chi connectivity index (χ2n) is 3.87. The van der Waals surface area contributed by atoms with Gasteiger partial charge in [-0.05, 0) is 30.2 Å². The molecule has 0 spiro atoms. The number of aromatic nitrogens is 1. The highest BCUT2D eigenvalue weighted by atomic mass is 35.5. The van der Waals surface area contributed by atoms with Crippen LogP contribution in [0.5, 0.6) is 0 Å². The third-order valence-corrected chi connectivity index (χ3v) is 3.12. The molecule has 2 heterocycles. The first kappa shape index (κ1) is 9.67. The van der Waals surface area contributed by atoms with E-state index in [1.54, 1.807) is 6.20 Å². The van der Waals surface area contributed by atoms with E-state index in [1.807, 2.05) is 12.1 Å². The van der Waals surface area contributed by atoms with E-state index in [0.29, 0.717) is 5.15 Å². The number of rotatable bonds is 1. The molecule has 0 saturated heterocycles. The van der Waals surface area contributed by atoms with Gasteiger partial charge in [0.05, 0.1) is 0 Å². The molecular weight excluding hydrogens is 220 g/mol. The van der Waals surface area contributed by atoms with E-state index in [-0.39, 0.29) is 0 Å². The molecular formula is C13H11ClN2. The molecule has 1 aromatic heterocycles. The zero-order valence-corrected chi connectivity index (χ0v) is 9.48. The first-order chi connectivity index (χ1) is 7.84. The van der Waals surface area contributed by atoms with Crippen LogP contribution < -0.4 is 4.90 Å². The Morgan fingerprint density at radius 1 is 1.19 bits per heavy atom. The van der Waals surface area contributed by atoms with Crippen LogP contribution >= 0.6 is 11.6 Å². The number of hydrogen-bond acceptors (Lipinski definition) is 2. The van der Waals surface area contributed by atoms with Crippen LogP contribution in [0.2, 0.25) is 5.15 Å². The summed E-state index contributed by atoms with van der Waals surface area (Å²) in [5.41, 5.74) is 3.80. The van der Waals surface area contributed by atoms with Gasteiger partial charge in [-0.3, -0.25) is 0 Å². The molecule has 0 fully saturated rings. The Hall–Kier alpha value is -1.54. The fourth-order valence-corrected chi connectivity index (χ4v) is 2.33. The predicted octanol–water partition coefficient (Wildman–Crippen LogP) is 3.43. The van der Waals surface area contributed by atoms with Gasteiger partial charge in [-0.2, -0.15) is 0 Å². The lowest BCUT2D eigenvalue weighted by Gasteiger charge is -2.19. The highest BCUT2D eigenvalue weighted by molar-refractivity contribution is 6.29. The SMILES string of the molecule is Clc1cc(N2CCc3ccccc32)ccn1. The summed E-state index contributed by atoms with van der Waals surface area (Å²) in [7, 11) is 0. The second kappa shape index (κ2) is 3.80. The first-order valence-electron chi connectivity index (χ1n) is 5.31. The summed E-state index contributed by atoms with van der Waals surface area (Å²) in [6, 6.07) is 12.4. The molecule has 0 atom stereocenters. The fraction of sp³-hybridized carbons (Fsp3) is 0.154. The molecule has 2 aromatic rings. The van der Waals surface area contributed by atoms with E-state index in [9.17, 15) is 0 Å². The van der Waals surface area contributed by atoms with Crippen LogP contribution in [0.15, 0.2) is 42.6 Å². The Kier molecular flexibility index (Phi) is 2.29. The number of hydrogen-bond donors (Lipinski definition) is 0. The number of pyridine rings is 1. The van der Waals surface area contributed by atoms with E-state index in [1.165, 1.54) is 11.3 Å². The predicted molar refractivity (Wildman–Crippen MR) is 66.4 cm³/mol. The largest absolute Gasteiger partial charge is 0.341 e. The minimum absolute atomic E-state index is 0.543. The third kappa shape index (κ3) is 1.55. The number of anilines is 2. The average Bonchev–Trinajstić information content (AvgIpc) is 2.72. The molecule has 0 N–H and O–H groups in total. The molecule has 2 nitrogen and oxygen atoms in total. The molecule has 0 unspecified atom stereocenters. The van der Waals surface area contributed by atoms with Crippen LogP contribution in [-0.2, 0) is 6.42 Å². The minimum atomic E-state index is 0.543. The van der Waals surface area contributed by atoms with Crippen LogP contribution in [0.1, 0.15) is 5.56 Å². The van der Waals surface area contributed by atoms with Crippen molar-refractivity contribution in [2.24, 2.45) is 0 Å². The molecule has 1 aliphatic heterocycles. The van der Waals surface area contributed by atoms with Gasteiger partial charge >= 0.3 is 0 Å². The number of para-hydroxylation sites is 1. The van der Waals surface area contributed by atoms with E-state index in [2.05, 4.69) is 34.1 Å². The lowest BCUT2D eigenvalue weighted by Crippen LogP contribution is -2.13. The van der Waals surface area contributed by atoms with Crippen molar-refractivity contribution in [1.29, 1.82) is 0 Å².